The van der Waals surface area contributed by atoms with Gasteiger partial charge in [-0.05, 0) is 48.4 Å². The SMILES string of the molecule is Cc1ccccc1OCC1=Cc2ccc(O)cc2S1(=O)=O. The van der Waals surface area contributed by atoms with Crippen molar-refractivity contribution in [2.24, 2.45) is 0 Å². The van der Waals surface area contributed by atoms with Gasteiger partial charge in [-0.2, -0.15) is 0 Å². The number of hydrogen-bond acceptors (Lipinski definition) is 4. The maximum absolute atomic E-state index is 12.4. The minimum absolute atomic E-state index is 0.0252. The predicted molar refractivity (Wildman–Crippen MR) is 79.9 cm³/mol. The number of para-hydroxylation sites is 1. The summed E-state index contributed by atoms with van der Waals surface area (Å²) in [7, 11) is -3.58. The Labute approximate surface area is 123 Å². The Morgan fingerprint density at radius 3 is 2.67 bits per heavy atom. The van der Waals surface area contributed by atoms with Gasteiger partial charge in [0, 0.05) is 0 Å². The lowest BCUT2D eigenvalue weighted by Gasteiger charge is -2.09. The fraction of sp³-hybridized carbons (Fsp3) is 0.125. The maximum atomic E-state index is 12.4. The summed E-state index contributed by atoms with van der Waals surface area (Å²) in [4.78, 5) is 0.331. The van der Waals surface area contributed by atoms with Crippen molar-refractivity contribution in [3.63, 3.8) is 0 Å². The number of phenolic OH excluding ortho intramolecular Hbond substituents is 1. The third-order valence-corrected chi connectivity index (χ3v) is 5.27. The molecule has 5 heteroatoms. The number of ether oxygens (including phenoxy) is 1. The maximum Gasteiger partial charge on any atom is 0.206 e. The second-order valence-corrected chi connectivity index (χ2v) is 6.86. The summed E-state index contributed by atoms with van der Waals surface area (Å²) in [5.41, 5.74) is 1.53. The summed E-state index contributed by atoms with van der Waals surface area (Å²) in [6.45, 7) is 1.88. The molecule has 1 aliphatic heterocycles. The monoisotopic (exact) mass is 302 g/mol. The highest BCUT2D eigenvalue weighted by Gasteiger charge is 2.30. The highest BCUT2D eigenvalue weighted by molar-refractivity contribution is 7.95. The number of hydrogen-bond donors (Lipinski definition) is 1. The van der Waals surface area contributed by atoms with Crippen molar-refractivity contribution in [3.05, 3.63) is 58.5 Å². The van der Waals surface area contributed by atoms with Gasteiger partial charge in [-0.25, -0.2) is 8.42 Å². The standard InChI is InChI=1S/C16H14O4S/c1-11-4-2-3-5-15(11)20-10-14-8-12-6-7-13(17)9-16(12)21(14,18)19/h2-9,17H,10H2,1H3. The van der Waals surface area contributed by atoms with Gasteiger partial charge in [0.05, 0.1) is 9.80 Å². The minimum Gasteiger partial charge on any atom is -0.508 e. The first-order valence-corrected chi connectivity index (χ1v) is 7.94. The molecule has 0 radical (unpaired) electrons. The van der Waals surface area contributed by atoms with Gasteiger partial charge in [0.1, 0.15) is 18.1 Å². The quantitative estimate of drug-likeness (QED) is 0.947. The number of aromatic hydroxyl groups is 1. The fourth-order valence-corrected chi connectivity index (χ4v) is 3.75. The molecule has 108 valence electrons. The van der Waals surface area contributed by atoms with Crippen LogP contribution in [0.2, 0.25) is 0 Å². The molecule has 0 aromatic heterocycles. The highest BCUT2D eigenvalue weighted by Crippen LogP contribution is 2.35. The van der Waals surface area contributed by atoms with Crippen LogP contribution in [-0.2, 0) is 9.84 Å². The summed E-state index contributed by atoms with van der Waals surface area (Å²) >= 11 is 0. The van der Waals surface area contributed by atoms with Gasteiger partial charge in [-0.1, -0.05) is 18.2 Å². The second kappa shape index (κ2) is 4.93. The molecule has 0 saturated heterocycles. The van der Waals surface area contributed by atoms with Crippen LogP contribution in [0.1, 0.15) is 11.1 Å². The van der Waals surface area contributed by atoms with E-state index in [1.54, 1.807) is 18.2 Å². The normalized spacial score (nSPS) is 15.4. The van der Waals surface area contributed by atoms with E-state index in [9.17, 15) is 13.5 Å². The Morgan fingerprint density at radius 2 is 1.90 bits per heavy atom. The Balaban J connectivity index is 1.87. The zero-order valence-corrected chi connectivity index (χ0v) is 12.2. The Morgan fingerprint density at radius 1 is 1.14 bits per heavy atom. The van der Waals surface area contributed by atoms with Crippen LogP contribution in [0, 0.1) is 6.92 Å². The van der Waals surface area contributed by atoms with E-state index in [0.29, 0.717) is 11.3 Å². The molecule has 1 aliphatic rings. The van der Waals surface area contributed by atoms with Crippen molar-refractivity contribution in [2.45, 2.75) is 11.8 Å². The molecule has 0 saturated carbocycles. The molecule has 1 N–H and O–H groups in total. The van der Waals surface area contributed by atoms with Gasteiger partial charge >= 0.3 is 0 Å². The topological polar surface area (TPSA) is 63.6 Å². The van der Waals surface area contributed by atoms with Crippen LogP contribution >= 0.6 is 0 Å². The lowest BCUT2D eigenvalue weighted by molar-refractivity contribution is 0.356. The van der Waals surface area contributed by atoms with Gasteiger partial charge in [-0.15, -0.1) is 0 Å². The molecule has 2 aromatic carbocycles. The number of fused-ring (bicyclic) bond motifs is 1. The molecular formula is C16H14O4S. The zero-order chi connectivity index (χ0) is 15.0. The fourth-order valence-electron chi connectivity index (χ4n) is 2.25. The molecule has 0 aliphatic carbocycles. The first-order chi connectivity index (χ1) is 9.98. The third kappa shape index (κ3) is 2.40. The molecule has 0 bridgehead atoms. The van der Waals surface area contributed by atoms with Gasteiger partial charge < -0.3 is 9.84 Å². The number of rotatable bonds is 3. The Kier molecular flexibility index (Phi) is 3.22. The van der Waals surface area contributed by atoms with Gasteiger partial charge in [0.25, 0.3) is 0 Å². The van der Waals surface area contributed by atoms with Crippen LogP contribution in [0.3, 0.4) is 0 Å². The average molecular weight is 302 g/mol. The lowest BCUT2D eigenvalue weighted by Crippen LogP contribution is -2.09. The smallest absolute Gasteiger partial charge is 0.206 e. The lowest BCUT2D eigenvalue weighted by atomic mass is 10.2. The molecule has 2 aromatic rings. The summed E-state index contributed by atoms with van der Waals surface area (Å²) in [6, 6.07) is 11.8. The van der Waals surface area contributed by atoms with Crippen LogP contribution in [0.25, 0.3) is 6.08 Å². The largest absolute Gasteiger partial charge is 0.508 e. The number of sulfone groups is 1. The summed E-state index contributed by atoms with van der Waals surface area (Å²) < 4.78 is 30.4. The molecule has 21 heavy (non-hydrogen) atoms. The first-order valence-electron chi connectivity index (χ1n) is 6.45. The Bertz CT molecular complexity index is 835. The molecular weight excluding hydrogens is 288 g/mol. The van der Waals surface area contributed by atoms with Crippen molar-refractivity contribution in [1.29, 1.82) is 0 Å². The van der Waals surface area contributed by atoms with E-state index in [1.165, 1.54) is 12.1 Å². The van der Waals surface area contributed by atoms with E-state index in [4.69, 9.17) is 4.74 Å². The van der Waals surface area contributed by atoms with Crippen molar-refractivity contribution in [2.75, 3.05) is 6.61 Å². The van der Waals surface area contributed by atoms with E-state index in [-0.39, 0.29) is 22.2 Å². The minimum atomic E-state index is -3.58. The van der Waals surface area contributed by atoms with Crippen LogP contribution in [0.5, 0.6) is 11.5 Å². The molecule has 0 spiro atoms. The number of aryl methyl sites for hydroxylation is 1. The van der Waals surface area contributed by atoms with Crippen molar-refractivity contribution in [3.8, 4) is 11.5 Å². The van der Waals surface area contributed by atoms with E-state index in [2.05, 4.69) is 0 Å². The van der Waals surface area contributed by atoms with Gasteiger partial charge in [0.2, 0.25) is 9.84 Å². The van der Waals surface area contributed by atoms with Crippen LogP contribution in [0.4, 0.5) is 0 Å². The van der Waals surface area contributed by atoms with Gasteiger partial charge in [-0.3, -0.25) is 0 Å². The molecule has 0 atom stereocenters. The zero-order valence-electron chi connectivity index (χ0n) is 11.4. The summed E-state index contributed by atoms with van der Waals surface area (Å²) in [5, 5.41) is 9.44. The highest BCUT2D eigenvalue weighted by atomic mass is 32.2. The molecule has 4 nitrogen and oxygen atoms in total. The summed E-state index contributed by atoms with van der Waals surface area (Å²) in [5.74, 6) is 0.596. The summed E-state index contributed by atoms with van der Waals surface area (Å²) in [6.07, 6.45) is 1.59. The number of phenols is 1. The molecule has 0 amide bonds. The van der Waals surface area contributed by atoms with E-state index in [0.717, 1.165) is 5.56 Å². The van der Waals surface area contributed by atoms with E-state index < -0.39 is 9.84 Å². The molecule has 1 heterocycles. The molecule has 0 fully saturated rings. The third-order valence-electron chi connectivity index (χ3n) is 3.41. The van der Waals surface area contributed by atoms with Gasteiger partial charge in [0.15, 0.2) is 0 Å². The van der Waals surface area contributed by atoms with Crippen LogP contribution in [-0.4, -0.2) is 20.1 Å². The van der Waals surface area contributed by atoms with E-state index >= 15 is 0 Å². The molecule has 3 rings (SSSR count). The van der Waals surface area contributed by atoms with Crippen LogP contribution in [0.15, 0.2) is 52.3 Å². The average Bonchev–Trinajstić information content (AvgIpc) is 2.69. The first kappa shape index (κ1) is 13.7. The van der Waals surface area contributed by atoms with Crippen molar-refractivity contribution < 1.29 is 18.3 Å². The van der Waals surface area contributed by atoms with Crippen molar-refractivity contribution >= 4 is 15.9 Å². The van der Waals surface area contributed by atoms with Crippen molar-refractivity contribution in [1.82, 2.24) is 0 Å². The van der Waals surface area contributed by atoms with E-state index in [1.807, 2.05) is 25.1 Å². The predicted octanol–water partition coefficient (Wildman–Crippen LogP) is 2.91. The Hall–Kier alpha value is -2.27. The number of benzene rings is 2. The van der Waals surface area contributed by atoms with Crippen LogP contribution < -0.4 is 4.74 Å². The molecule has 0 unspecified atom stereocenters. The second-order valence-electron chi connectivity index (χ2n) is 4.89.